The van der Waals surface area contributed by atoms with Gasteiger partial charge in [0.25, 0.3) is 0 Å². The van der Waals surface area contributed by atoms with Crippen LogP contribution in [0.2, 0.25) is 0 Å². The number of halogens is 1. The first-order valence-corrected chi connectivity index (χ1v) is 14.9. The van der Waals surface area contributed by atoms with Crippen LogP contribution in [0.5, 0.6) is 0 Å². The molecular formula is C27H37ClN6O6S. The second-order valence-electron chi connectivity index (χ2n) is 10.4. The maximum Gasteiger partial charge on any atom is 0.305 e. The number of carbonyl (C=O) groups excluding carboxylic acids is 2. The number of sulfonamides is 1. The van der Waals surface area contributed by atoms with Crippen molar-refractivity contribution in [2.75, 3.05) is 26.2 Å². The predicted molar refractivity (Wildman–Crippen MR) is 156 cm³/mol. The predicted octanol–water partition coefficient (Wildman–Crippen LogP) is 1.49. The topological polar surface area (TPSA) is 186 Å². The molecule has 14 heteroatoms. The highest BCUT2D eigenvalue weighted by Gasteiger charge is 2.38. The van der Waals surface area contributed by atoms with Gasteiger partial charge in [-0.15, -0.1) is 12.4 Å². The van der Waals surface area contributed by atoms with Crippen molar-refractivity contribution < 1.29 is 27.9 Å². The first-order chi connectivity index (χ1) is 19.0. The van der Waals surface area contributed by atoms with Crippen LogP contribution in [0.3, 0.4) is 0 Å². The fourth-order valence-electron chi connectivity index (χ4n) is 4.94. The highest BCUT2D eigenvalue weighted by Crippen LogP contribution is 2.28. The van der Waals surface area contributed by atoms with Crippen molar-refractivity contribution in [2.24, 2.45) is 11.7 Å². The Morgan fingerprint density at radius 2 is 1.73 bits per heavy atom. The fraction of sp³-hybridized carbons (Fsp3) is 0.481. The summed E-state index contributed by atoms with van der Waals surface area (Å²) in [5, 5.41) is 21.1. The van der Waals surface area contributed by atoms with Crippen LogP contribution in [0.25, 0.3) is 10.8 Å². The van der Waals surface area contributed by atoms with E-state index < -0.39 is 40.3 Å². The average molecular weight is 609 g/mol. The number of piperidine rings is 1. The Kier molecular flexibility index (Phi) is 10.9. The molecule has 1 atom stereocenters. The molecule has 2 aromatic carbocycles. The third-order valence-corrected chi connectivity index (χ3v) is 8.87. The van der Waals surface area contributed by atoms with Gasteiger partial charge in [-0.05, 0) is 54.5 Å². The number of nitrogens with zero attached hydrogens (tertiary/aromatic N) is 2. The normalized spacial score (nSPS) is 16.4. The maximum atomic E-state index is 13.6. The number of fused-ring (bicyclic) bond motifs is 1. The standard InChI is InChI=1S/C27H36N6O6S.ClH/c28-27(29)32-12-9-18(10-13-32)17-30-24(34)16-23(26(37)33(21-6-7-21)14-11-25(35)36)31-40(38,39)22-8-5-19-3-1-2-4-20(19)15-22;/h1-5,8,15,18,21,23,31H,6-7,9-14,16-17H2,(H3,28,29)(H,30,34)(H,35,36);1H. The van der Waals surface area contributed by atoms with E-state index in [1.54, 1.807) is 23.1 Å². The Bertz CT molecular complexity index is 1380. The summed E-state index contributed by atoms with van der Waals surface area (Å²) in [5.74, 6) is -1.98. The van der Waals surface area contributed by atoms with E-state index in [1.807, 2.05) is 12.1 Å². The third-order valence-electron chi connectivity index (χ3n) is 7.40. The van der Waals surface area contributed by atoms with Gasteiger partial charge in [-0.2, -0.15) is 4.72 Å². The minimum Gasteiger partial charge on any atom is -0.481 e. The summed E-state index contributed by atoms with van der Waals surface area (Å²) in [6, 6.07) is 10.3. The van der Waals surface area contributed by atoms with Gasteiger partial charge < -0.3 is 26.0 Å². The summed E-state index contributed by atoms with van der Waals surface area (Å²) >= 11 is 0. The van der Waals surface area contributed by atoms with E-state index in [1.165, 1.54) is 17.0 Å². The minimum absolute atomic E-state index is 0. The lowest BCUT2D eigenvalue weighted by Gasteiger charge is -2.32. The summed E-state index contributed by atoms with van der Waals surface area (Å²) in [7, 11) is -4.19. The van der Waals surface area contributed by atoms with Crippen molar-refractivity contribution in [1.82, 2.24) is 19.8 Å². The van der Waals surface area contributed by atoms with Gasteiger partial charge in [-0.1, -0.05) is 30.3 Å². The largest absolute Gasteiger partial charge is 0.481 e. The van der Waals surface area contributed by atoms with Gasteiger partial charge in [0.15, 0.2) is 5.96 Å². The van der Waals surface area contributed by atoms with Crippen molar-refractivity contribution in [1.29, 1.82) is 5.41 Å². The number of nitrogens with one attached hydrogen (secondary N) is 3. The van der Waals surface area contributed by atoms with E-state index >= 15 is 0 Å². The molecule has 2 aromatic rings. The number of carbonyl (C=O) groups is 3. The van der Waals surface area contributed by atoms with Crippen LogP contribution in [-0.2, 0) is 24.4 Å². The second-order valence-corrected chi connectivity index (χ2v) is 12.1. The number of aliphatic carboxylic acids is 1. The Morgan fingerprint density at radius 1 is 1.07 bits per heavy atom. The number of carboxylic acids is 1. The average Bonchev–Trinajstić information content (AvgIpc) is 3.76. The van der Waals surface area contributed by atoms with Gasteiger partial charge in [0.2, 0.25) is 21.8 Å². The molecule has 224 valence electrons. The van der Waals surface area contributed by atoms with Crippen LogP contribution in [0.4, 0.5) is 0 Å². The molecule has 2 amide bonds. The van der Waals surface area contributed by atoms with Gasteiger partial charge in [0.1, 0.15) is 6.04 Å². The van der Waals surface area contributed by atoms with Crippen molar-refractivity contribution in [2.45, 2.75) is 55.5 Å². The molecular weight excluding hydrogens is 572 g/mol. The molecule has 2 aliphatic rings. The molecule has 6 N–H and O–H groups in total. The molecule has 1 saturated heterocycles. The van der Waals surface area contributed by atoms with Crippen LogP contribution in [0, 0.1) is 11.3 Å². The summed E-state index contributed by atoms with van der Waals surface area (Å²) in [6.07, 6.45) is 2.16. The first kappa shape index (κ1) is 32.1. The Morgan fingerprint density at radius 3 is 2.34 bits per heavy atom. The Hall–Kier alpha value is -3.42. The summed E-state index contributed by atoms with van der Waals surface area (Å²) in [6.45, 7) is 1.52. The van der Waals surface area contributed by atoms with Crippen molar-refractivity contribution in [3.63, 3.8) is 0 Å². The molecule has 1 aliphatic carbocycles. The number of amides is 2. The smallest absolute Gasteiger partial charge is 0.305 e. The fourth-order valence-corrected chi connectivity index (χ4v) is 6.16. The summed E-state index contributed by atoms with van der Waals surface area (Å²) in [4.78, 5) is 40.9. The van der Waals surface area contributed by atoms with Gasteiger partial charge in [-0.25, -0.2) is 8.42 Å². The monoisotopic (exact) mass is 608 g/mol. The molecule has 0 spiro atoms. The lowest BCUT2D eigenvalue weighted by atomic mass is 9.97. The molecule has 1 aliphatic heterocycles. The molecule has 1 saturated carbocycles. The van der Waals surface area contributed by atoms with E-state index in [4.69, 9.17) is 16.2 Å². The zero-order valence-electron chi connectivity index (χ0n) is 22.6. The highest BCUT2D eigenvalue weighted by atomic mass is 35.5. The number of benzene rings is 2. The number of hydrogen-bond donors (Lipinski definition) is 5. The highest BCUT2D eigenvalue weighted by molar-refractivity contribution is 7.89. The number of rotatable bonds is 12. The van der Waals surface area contributed by atoms with E-state index in [9.17, 15) is 22.8 Å². The molecule has 4 rings (SSSR count). The lowest BCUT2D eigenvalue weighted by Crippen LogP contribution is -2.52. The third kappa shape index (κ3) is 8.78. The molecule has 1 heterocycles. The van der Waals surface area contributed by atoms with Crippen LogP contribution >= 0.6 is 12.4 Å². The van der Waals surface area contributed by atoms with Gasteiger partial charge in [0, 0.05) is 32.2 Å². The van der Waals surface area contributed by atoms with Crippen LogP contribution in [0.1, 0.15) is 38.5 Å². The molecule has 2 fully saturated rings. The molecule has 12 nitrogen and oxygen atoms in total. The summed E-state index contributed by atoms with van der Waals surface area (Å²) in [5.41, 5.74) is 5.54. The summed E-state index contributed by atoms with van der Waals surface area (Å²) < 4.78 is 29.2. The minimum atomic E-state index is -4.19. The Labute approximate surface area is 245 Å². The number of carboxylic acid groups (broad SMARTS) is 1. The van der Waals surface area contributed by atoms with Crippen molar-refractivity contribution >= 4 is 56.9 Å². The molecule has 0 aromatic heterocycles. The zero-order chi connectivity index (χ0) is 28.9. The van der Waals surface area contributed by atoms with Crippen molar-refractivity contribution in [3.05, 3.63) is 42.5 Å². The zero-order valence-corrected chi connectivity index (χ0v) is 24.3. The van der Waals surface area contributed by atoms with Gasteiger partial charge >= 0.3 is 5.97 Å². The molecule has 41 heavy (non-hydrogen) atoms. The van der Waals surface area contributed by atoms with Crippen LogP contribution in [0.15, 0.2) is 47.4 Å². The van der Waals surface area contributed by atoms with Gasteiger partial charge in [-0.3, -0.25) is 19.8 Å². The van der Waals surface area contributed by atoms with E-state index in [2.05, 4.69) is 10.0 Å². The quantitative estimate of drug-likeness (QED) is 0.177. The number of hydrogen-bond acceptors (Lipinski definition) is 6. The SMILES string of the molecule is Cl.N=C(N)N1CCC(CNC(=O)CC(NS(=O)(=O)c2ccc3ccccc3c2)C(=O)N(CCC(=O)O)C2CC2)CC1. The Balaban J connectivity index is 0.00000462. The maximum absolute atomic E-state index is 13.6. The number of guanidine groups is 1. The van der Waals surface area contributed by atoms with Gasteiger partial charge in [0.05, 0.1) is 17.7 Å². The molecule has 0 bridgehead atoms. The van der Waals surface area contributed by atoms with E-state index in [0.717, 1.165) is 18.2 Å². The first-order valence-electron chi connectivity index (χ1n) is 13.4. The van der Waals surface area contributed by atoms with Crippen LogP contribution < -0.4 is 15.8 Å². The molecule has 1 unspecified atom stereocenters. The van der Waals surface area contributed by atoms with Crippen LogP contribution in [-0.4, -0.2) is 85.3 Å². The number of likely N-dealkylation sites (tertiary alicyclic amines) is 1. The second kappa shape index (κ2) is 14.0. The van der Waals surface area contributed by atoms with E-state index in [-0.39, 0.29) is 48.2 Å². The molecule has 0 radical (unpaired) electrons. The lowest BCUT2D eigenvalue weighted by molar-refractivity contribution is -0.140. The van der Waals surface area contributed by atoms with E-state index in [0.29, 0.717) is 37.9 Å². The number of nitrogens with two attached hydrogens (primary N) is 1. The van der Waals surface area contributed by atoms with Crippen molar-refractivity contribution in [3.8, 4) is 0 Å².